The average Bonchev–Trinajstić information content (AvgIpc) is 2.50. The Balaban J connectivity index is 1.80. The Kier molecular flexibility index (Phi) is 4.23. The molecule has 3 heteroatoms. The summed E-state index contributed by atoms with van der Waals surface area (Å²) in [4.78, 5) is 2.64. The summed E-state index contributed by atoms with van der Waals surface area (Å²) in [6.07, 6.45) is 3.62. The van der Waals surface area contributed by atoms with Crippen LogP contribution in [0.25, 0.3) is 0 Å². The maximum absolute atomic E-state index is 6.63. The topological polar surface area (TPSA) is 38.5 Å². The monoisotopic (exact) mass is 288 g/mol. The molecule has 0 spiro atoms. The molecule has 0 radical (unpaired) electrons. The summed E-state index contributed by atoms with van der Waals surface area (Å²) in [5.74, 6) is 2.54. The third kappa shape index (κ3) is 2.82. The molecule has 4 atom stereocenters. The summed E-state index contributed by atoms with van der Waals surface area (Å²) in [6.45, 7) is 7.15. The highest BCUT2D eigenvalue weighted by Crippen LogP contribution is 2.36. The van der Waals surface area contributed by atoms with Gasteiger partial charge in [0.05, 0.1) is 7.11 Å². The largest absolute Gasteiger partial charge is 0.497 e. The van der Waals surface area contributed by atoms with Crippen LogP contribution in [0.3, 0.4) is 0 Å². The lowest BCUT2D eigenvalue weighted by Gasteiger charge is -2.44. The highest BCUT2D eigenvalue weighted by atomic mass is 16.5. The van der Waals surface area contributed by atoms with Gasteiger partial charge in [0.2, 0.25) is 0 Å². The highest BCUT2D eigenvalue weighted by molar-refractivity contribution is 5.40. The van der Waals surface area contributed by atoms with Crippen LogP contribution in [-0.4, -0.2) is 31.1 Å². The second kappa shape index (κ2) is 5.98. The van der Waals surface area contributed by atoms with Crippen molar-refractivity contribution in [3.63, 3.8) is 0 Å². The second-order valence-electron chi connectivity index (χ2n) is 6.93. The van der Waals surface area contributed by atoms with Crippen LogP contribution in [0.4, 0.5) is 0 Å². The molecule has 1 aromatic rings. The highest BCUT2D eigenvalue weighted by Gasteiger charge is 2.34. The first-order chi connectivity index (χ1) is 10.1. The van der Waals surface area contributed by atoms with Gasteiger partial charge in [-0.15, -0.1) is 0 Å². The van der Waals surface area contributed by atoms with Crippen molar-refractivity contribution in [1.29, 1.82) is 0 Å². The number of ether oxygens (including phenoxy) is 1. The smallest absolute Gasteiger partial charge is 0.119 e. The lowest BCUT2D eigenvalue weighted by Crippen LogP contribution is -2.50. The van der Waals surface area contributed by atoms with Crippen LogP contribution in [0.15, 0.2) is 18.2 Å². The minimum atomic E-state index is 0.115. The van der Waals surface area contributed by atoms with Gasteiger partial charge >= 0.3 is 0 Å². The number of rotatable bonds is 2. The van der Waals surface area contributed by atoms with E-state index in [9.17, 15) is 0 Å². The average molecular weight is 288 g/mol. The molecule has 0 amide bonds. The van der Waals surface area contributed by atoms with Crippen LogP contribution < -0.4 is 10.5 Å². The molecule has 21 heavy (non-hydrogen) atoms. The molecule has 2 N–H and O–H groups in total. The molecule has 0 saturated carbocycles. The number of aryl methyl sites for hydroxylation is 1. The van der Waals surface area contributed by atoms with Crippen LogP contribution in [0.5, 0.6) is 5.75 Å². The zero-order valence-corrected chi connectivity index (χ0v) is 13.5. The number of hydrogen-bond donors (Lipinski definition) is 1. The molecule has 1 fully saturated rings. The molecule has 1 aliphatic heterocycles. The zero-order chi connectivity index (χ0) is 15.0. The molecule has 1 heterocycles. The number of likely N-dealkylation sites (tertiary alicyclic amines) is 1. The molecular weight excluding hydrogens is 260 g/mol. The van der Waals surface area contributed by atoms with Gasteiger partial charge in [0, 0.05) is 18.6 Å². The zero-order valence-electron chi connectivity index (χ0n) is 13.5. The van der Waals surface area contributed by atoms with Gasteiger partial charge in [0.15, 0.2) is 0 Å². The normalized spacial score (nSPS) is 33.5. The quantitative estimate of drug-likeness (QED) is 0.909. The number of methoxy groups -OCH3 is 1. The van der Waals surface area contributed by atoms with Gasteiger partial charge in [-0.3, -0.25) is 4.90 Å². The van der Waals surface area contributed by atoms with E-state index in [1.165, 1.54) is 37.1 Å². The van der Waals surface area contributed by atoms with Crippen molar-refractivity contribution >= 4 is 0 Å². The number of nitrogens with two attached hydrogens (primary N) is 1. The van der Waals surface area contributed by atoms with Crippen molar-refractivity contribution in [2.75, 3.05) is 20.2 Å². The fourth-order valence-electron chi connectivity index (χ4n) is 3.93. The Labute approximate surface area is 128 Å². The van der Waals surface area contributed by atoms with Gasteiger partial charge in [-0.1, -0.05) is 19.9 Å². The first-order valence-corrected chi connectivity index (χ1v) is 8.26. The number of nitrogens with zero attached hydrogens (tertiary/aromatic N) is 1. The molecule has 3 rings (SSSR count). The van der Waals surface area contributed by atoms with E-state index in [1.807, 2.05) is 0 Å². The maximum atomic E-state index is 6.63. The molecule has 0 aromatic heterocycles. The first-order valence-electron chi connectivity index (χ1n) is 8.26. The van der Waals surface area contributed by atoms with E-state index < -0.39 is 0 Å². The lowest BCUT2D eigenvalue weighted by atomic mass is 9.81. The van der Waals surface area contributed by atoms with Crippen LogP contribution in [-0.2, 0) is 6.42 Å². The molecule has 1 aliphatic carbocycles. The molecule has 3 nitrogen and oxygen atoms in total. The van der Waals surface area contributed by atoms with E-state index in [-0.39, 0.29) is 6.04 Å². The second-order valence-corrected chi connectivity index (χ2v) is 6.93. The van der Waals surface area contributed by atoms with Crippen molar-refractivity contribution in [2.24, 2.45) is 17.6 Å². The summed E-state index contributed by atoms with van der Waals surface area (Å²) in [5, 5.41) is 0. The minimum absolute atomic E-state index is 0.115. The number of hydrogen-bond acceptors (Lipinski definition) is 3. The molecule has 116 valence electrons. The summed E-state index contributed by atoms with van der Waals surface area (Å²) in [7, 11) is 1.72. The van der Waals surface area contributed by atoms with Crippen molar-refractivity contribution in [2.45, 2.75) is 45.2 Å². The number of piperidine rings is 1. The molecule has 1 aromatic carbocycles. The van der Waals surface area contributed by atoms with Crippen molar-refractivity contribution in [3.8, 4) is 5.75 Å². The fraction of sp³-hybridized carbons (Fsp3) is 0.667. The third-order valence-electron chi connectivity index (χ3n) is 5.67. The molecule has 4 unspecified atom stereocenters. The molecule has 0 bridgehead atoms. The van der Waals surface area contributed by atoms with Gasteiger partial charge in [-0.05, 0) is 60.9 Å². The van der Waals surface area contributed by atoms with Crippen LogP contribution in [0.1, 0.15) is 43.9 Å². The fourth-order valence-corrected chi connectivity index (χ4v) is 3.93. The Bertz CT molecular complexity index is 502. The number of fused-ring (bicyclic) bond motifs is 1. The Hall–Kier alpha value is -1.06. The molecule has 2 aliphatic rings. The Morgan fingerprint density at radius 2 is 2.00 bits per heavy atom. The predicted molar refractivity (Wildman–Crippen MR) is 86.5 cm³/mol. The third-order valence-corrected chi connectivity index (χ3v) is 5.67. The Morgan fingerprint density at radius 3 is 2.71 bits per heavy atom. The van der Waals surface area contributed by atoms with Crippen molar-refractivity contribution < 1.29 is 4.74 Å². The SMILES string of the molecule is COc1ccc2c(c1)C(N)C(N1CCC(C)C(C)C1)CC2. The Morgan fingerprint density at radius 1 is 1.19 bits per heavy atom. The van der Waals surface area contributed by atoms with E-state index in [4.69, 9.17) is 10.5 Å². The van der Waals surface area contributed by atoms with Crippen LogP contribution in [0, 0.1) is 11.8 Å². The molecular formula is C18H28N2O. The summed E-state index contributed by atoms with van der Waals surface area (Å²) >= 11 is 0. The van der Waals surface area contributed by atoms with Crippen molar-refractivity contribution in [1.82, 2.24) is 4.90 Å². The van der Waals surface area contributed by atoms with E-state index in [0.29, 0.717) is 6.04 Å². The van der Waals surface area contributed by atoms with Crippen molar-refractivity contribution in [3.05, 3.63) is 29.3 Å². The standard InChI is InChI=1S/C18H28N2O/c1-12-8-9-20(11-13(12)2)17-7-5-14-4-6-15(21-3)10-16(14)18(17)19/h4,6,10,12-13,17-18H,5,7-9,11,19H2,1-3H3. The minimum Gasteiger partial charge on any atom is -0.497 e. The van der Waals surface area contributed by atoms with E-state index in [0.717, 1.165) is 24.0 Å². The van der Waals surface area contributed by atoms with Crippen LogP contribution in [0.2, 0.25) is 0 Å². The van der Waals surface area contributed by atoms with Gasteiger partial charge in [0.1, 0.15) is 5.75 Å². The first kappa shape index (κ1) is 14.9. The van der Waals surface area contributed by atoms with E-state index in [1.54, 1.807) is 7.11 Å². The summed E-state index contributed by atoms with van der Waals surface area (Å²) in [6, 6.07) is 6.98. The number of benzene rings is 1. The predicted octanol–water partition coefficient (Wildman–Crippen LogP) is 2.99. The van der Waals surface area contributed by atoms with Crippen LogP contribution >= 0.6 is 0 Å². The van der Waals surface area contributed by atoms with Gasteiger partial charge in [-0.25, -0.2) is 0 Å². The molecule has 1 saturated heterocycles. The van der Waals surface area contributed by atoms with Gasteiger partial charge < -0.3 is 10.5 Å². The van der Waals surface area contributed by atoms with E-state index in [2.05, 4.69) is 36.9 Å². The van der Waals surface area contributed by atoms with Gasteiger partial charge in [-0.2, -0.15) is 0 Å². The van der Waals surface area contributed by atoms with Gasteiger partial charge in [0.25, 0.3) is 0 Å². The van der Waals surface area contributed by atoms with E-state index >= 15 is 0 Å². The lowest BCUT2D eigenvalue weighted by molar-refractivity contribution is 0.0748. The summed E-state index contributed by atoms with van der Waals surface area (Å²) < 4.78 is 5.37. The maximum Gasteiger partial charge on any atom is 0.119 e. The summed E-state index contributed by atoms with van der Waals surface area (Å²) in [5.41, 5.74) is 9.32.